The van der Waals surface area contributed by atoms with Gasteiger partial charge in [0.1, 0.15) is 5.75 Å². The summed E-state index contributed by atoms with van der Waals surface area (Å²) in [5.41, 5.74) is 1.71. The highest BCUT2D eigenvalue weighted by Gasteiger charge is 2.27. The maximum atomic E-state index is 13.6. The van der Waals surface area contributed by atoms with Crippen LogP contribution in [0.3, 0.4) is 0 Å². The molecule has 1 aliphatic heterocycles. The van der Waals surface area contributed by atoms with Gasteiger partial charge in [0, 0.05) is 31.1 Å². The molecule has 0 spiro atoms. The first kappa shape index (κ1) is 21.1. The Morgan fingerprint density at radius 3 is 2.69 bits per heavy atom. The van der Waals surface area contributed by atoms with Gasteiger partial charge in [0.15, 0.2) is 5.13 Å². The van der Waals surface area contributed by atoms with E-state index in [1.54, 1.807) is 23.1 Å². The average Bonchev–Trinajstić information content (AvgIpc) is 3.27. The first-order valence-corrected chi connectivity index (χ1v) is 12.9. The standard InChI is InChI=1S/C25H25N3O2S2/c1-3-30-21-11-8-17-6-4-5-7-19(17)23(21)24(29)27-12-14-28(15-13-27)25-26-20-10-9-18(31-2)16-22(20)32-25/h4-11,16H,3,12-15H2,1-2H3. The van der Waals surface area contributed by atoms with Crippen LogP contribution in [-0.2, 0) is 0 Å². The molecular formula is C25H25N3O2S2. The number of anilines is 1. The molecule has 1 amide bonds. The number of carbonyl (C=O) groups is 1. The highest BCUT2D eigenvalue weighted by Crippen LogP contribution is 2.33. The Balaban J connectivity index is 1.37. The van der Waals surface area contributed by atoms with Gasteiger partial charge in [0.25, 0.3) is 5.91 Å². The van der Waals surface area contributed by atoms with E-state index in [4.69, 9.17) is 9.72 Å². The Kier molecular flexibility index (Phi) is 5.93. The number of thioether (sulfide) groups is 1. The van der Waals surface area contributed by atoms with Crippen molar-refractivity contribution in [1.29, 1.82) is 0 Å². The molecular weight excluding hydrogens is 438 g/mol. The van der Waals surface area contributed by atoms with Crippen LogP contribution in [0.25, 0.3) is 21.0 Å². The number of hydrogen-bond acceptors (Lipinski definition) is 6. The highest BCUT2D eigenvalue weighted by molar-refractivity contribution is 7.98. The number of amides is 1. The predicted molar refractivity (Wildman–Crippen MR) is 135 cm³/mol. The van der Waals surface area contributed by atoms with Gasteiger partial charge >= 0.3 is 0 Å². The summed E-state index contributed by atoms with van der Waals surface area (Å²) in [6, 6.07) is 18.4. The molecule has 4 aromatic rings. The largest absolute Gasteiger partial charge is 0.493 e. The smallest absolute Gasteiger partial charge is 0.258 e. The van der Waals surface area contributed by atoms with Gasteiger partial charge in [-0.2, -0.15) is 0 Å². The molecule has 0 atom stereocenters. The van der Waals surface area contributed by atoms with Crippen molar-refractivity contribution in [3.05, 3.63) is 60.2 Å². The third kappa shape index (κ3) is 3.91. The van der Waals surface area contributed by atoms with Crippen molar-refractivity contribution in [2.75, 3.05) is 43.9 Å². The van der Waals surface area contributed by atoms with Crippen LogP contribution in [0.15, 0.2) is 59.5 Å². The van der Waals surface area contributed by atoms with Crippen molar-refractivity contribution in [2.45, 2.75) is 11.8 Å². The number of nitrogens with zero attached hydrogens (tertiary/aromatic N) is 3. The van der Waals surface area contributed by atoms with Gasteiger partial charge in [-0.05, 0) is 48.2 Å². The van der Waals surface area contributed by atoms with Crippen LogP contribution in [0.5, 0.6) is 5.75 Å². The van der Waals surface area contributed by atoms with E-state index >= 15 is 0 Å². The molecule has 7 heteroatoms. The van der Waals surface area contributed by atoms with E-state index in [2.05, 4.69) is 29.4 Å². The van der Waals surface area contributed by atoms with Gasteiger partial charge in [-0.25, -0.2) is 4.98 Å². The Morgan fingerprint density at radius 2 is 1.91 bits per heavy atom. The van der Waals surface area contributed by atoms with E-state index < -0.39 is 0 Å². The second-order valence-corrected chi connectivity index (χ2v) is 9.59. The van der Waals surface area contributed by atoms with E-state index in [-0.39, 0.29) is 5.91 Å². The van der Waals surface area contributed by atoms with Gasteiger partial charge in [-0.15, -0.1) is 11.8 Å². The Labute approximate surface area is 196 Å². The van der Waals surface area contributed by atoms with Crippen LogP contribution in [0.1, 0.15) is 17.3 Å². The molecule has 1 aromatic heterocycles. The summed E-state index contributed by atoms with van der Waals surface area (Å²) in [4.78, 5) is 23.9. The maximum Gasteiger partial charge on any atom is 0.258 e. The van der Waals surface area contributed by atoms with Crippen molar-refractivity contribution >= 4 is 55.1 Å². The molecule has 164 valence electrons. The Morgan fingerprint density at radius 1 is 1.09 bits per heavy atom. The van der Waals surface area contributed by atoms with Crippen molar-refractivity contribution in [3.8, 4) is 5.75 Å². The minimum Gasteiger partial charge on any atom is -0.493 e. The van der Waals surface area contributed by atoms with E-state index in [0.29, 0.717) is 31.0 Å². The summed E-state index contributed by atoms with van der Waals surface area (Å²) in [6.07, 6.45) is 2.09. The van der Waals surface area contributed by atoms with Crippen LogP contribution >= 0.6 is 23.1 Å². The van der Waals surface area contributed by atoms with E-state index in [0.717, 1.165) is 34.5 Å². The molecule has 0 saturated carbocycles. The second-order valence-electron chi connectivity index (χ2n) is 7.70. The van der Waals surface area contributed by atoms with Crippen LogP contribution < -0.4 is 9.64 Å². The lowest BCUT2D eigenvalue weighted by atomic mass is 10.0. The van der Waals surface area contributed by atoms with Crippen molar-refractivity contribution < 1.29 is 9.53 Å². The molecule has 1 aliphatic rings. The van der Waals surface area contributed by atoms with Crippen LogP contribution in [0.2, 0.25) is 0 Å². The van der Waals surface area contributed by atoms with Crippen molar-refractivity contribution in [1.82, 2.24) is 9.88 Å². The fraction of sp³-hybridized carbons (Fsp3) is 0.280. The number of piperazine rings is 1. The minimum absolute atomic E-state index is 0.0406. The van der Waals surface area contributed by atoms with Crippen molar-refractivity contribution in [2.24, 2.45) is 0 Å². The van der Waals surface area contributed by atoms with Crippen molar-refractivity contribution in [3.63, 3.8) is 0 Å². The summed E-state index contributed by atoms with van der Waals surface area (Å²) in [7, 11) is 0. The number of ether oxygens (including phenoxy) is 1. The summed E-state index contributed by atoms with van der Waals surface area (Å²) in [6.45, 7) is 5.36. The van der Waals surface area contributed by atoms with Gasteiger partial charge in [0.2, 0.25) is 0 Å². The normalized spacial score (nSPS) is 14.3. The number of aromatic nitrogens is 1. The number of benzene rings is 3. The molecule has 0 bridgehead atoms. The van der Waals surface area contributed by atoms with Crippen LogP contribution in [0.4, 0.5) is 5.13 Å². The van der Waals surface area contributed by atoms with E-state index in [1.807, 2.05) is 48.2 Å². The molecule has 5 rings (SSSR count). The number of carbonyl (C=O) groups excluding carboxylic acids is 1. The zero-order chi connectivity index (χ0) is 22.1. The van der Waals surface area contributed by atoms with Crippen LogP contribution in [-0.4, -0.2) is 54.8 Å². The molecule has 1 saturated heterocycles. The molecule has 0 radical (unpaired) electrons. The predicted octanol–water partition coefficient (Wildman–Crippen LogP) is 5.53. The van der Waals surface area contributed by atoms with Gasteiger partial charge in [-0.3, -0.25) is 4.79 Å². The highest BCUT2D eigenvalue weighted by atomic mass is 32.2. The zero-order valence-corrected chi connectivity index (χ0v) is 19.8. The number of rotatable bonds is 5. The molecule has 0 unspecified atom stereocenters. The monoisotopic (exact) mass is 463 g/mol. The molecule has 3 aromatic carbocycles. The minimum atomic E-state index is 0.0406. The molecule has 0 N–H and O–H groups in total. The zero-order valence-electron chi connectivity index (χ0n) is 18.2. The van der Waals surface area contributed by atoms with E-state index in [1.165, 1.54) is 9.60 Å². The lowest BCUT2D eigenvalue weighted by Gasteiger charge is -2.35. The first-order chi connectivity index (χ1) is 15.7. The SMILES string of the molecule is CCOc1ccc2ccccc2c1C(=O)N1CCN(c2nc3ccc(SC)cc3s2)CC1. The summed E-state index contributed by atoms with van der Waals surface area (Å²) >= 11 is 3.47. The topological polar surface area (TPSA) is 45.7 Å². The number of hydrogen-bond donors (Lipinski definition) is 0. The summed E-state index contributed by atoms with van der Waals surface area (Å²) in [5, 5.41) is 3.03. The summed E-state index contributed by atoms with van der Waals surface area (Å²) < 4.78 is 7.04. The lowest BCUT2D eigenvalue weighted by molar-refractivity contribution is 0.0744. The second kappa shape index (κ2) is 9.00. The molecule has 0 aliphatic carbocycles. The third-order valence-electron chi connectivity index (χ3n) is 5.83. The third-order valence-corrected chi connectivity index (χ3v) is 7.63. The lowest BCUT2D eigenvalue weighted by Crippen LogP contribution is -2.48. The van der Waals surface area contributed by atoms with E-state index in [9.17, 15) is 4.79 Å². The summed E-state index contributed by atoms with van der Waals surface area (Å²) in [5.74, 6) is 0.702. The van der Waals surface area contributed by atoms with Gasteiger partial charge in [0.05, 0.1) is 22.4 Å². The van der Waals surface area contributed by atoms with Gasteiger partial charge in [-0.1, -0.05) is 41.7 Å². The quantitative estimate of drug-likeness (QED) is 0.364. The maximum absolute atomic E-state index is 13.6. The van der Waals surface area contributed by atoms with Crippen LogP contribution in [0, 0.1) is 0 Å². The number of thiazole rings is 1. The Hall–Kier alpha value is -2.77. The fourth-order valence-electron chi connectivity index (χ4n) is 4.16. The molecule has 5 nitrogen and oxygen atoms in total. The Bertz CT molecular complexity index is 1280. The molecule has 32 heavy (non-hydrogen) atoms. The molecule has 1 fully saturated rings. The fourth-order valence-corrected chi connectivity index (χ4v) is 5.73. The number of fused-ring (bicyclic) bond motifs is 2. The first-order valence-electron chi connectivity index (χ1n) is 10.8. The average molecular weight is 464 g/mol. The van der Waals surface area contributed by atoms with Gasteiger partial charge < -0.3 is 14.5 Å². The molecule has 2 heterocycles.